The number of aryl methyl sites for hydroxylation is 2. The summed E-state index contributed by atoms with van der Waals surface area (Å²) in [6, 6.07) is 1.93. The predicted octanol–water partition coefficient (Wildman–Crippen LogP) is 1.08. The van der Waals surface area contributed by atoms with E-state index in [2.05, 4.69) is 36.5 Å². The van der Waals surface area contributed by atoms with E-state index in [1.807, 2.05) is 38.0 Å². The largest absolute Gasteiger partial charge is 0.351 e. The van der Waals surface area contributed by atoms with E-state index in [9.17, 15) is 0 Å². The van der Waals surface area contributed by atoms with E-state index >= 15 is 0 Å². The Bertz CT molecular complexity index is 691. The quantitative estimate of drug-likeness (QED) is 0.678. The molecule has 3 rings (SSSR count). The maximum atomic E-state index is 4.41. The fourth-order valence-corrected chi connectivity index (χ4v) is 2.98. The van der Waals surface area contributed by atoms with Crippen LogP contribution >= 0.6 is 0 Å². The Morgan fingerprint density at radius 2 is 2.35 bits per heavy atom. The van der Waals surface area contributed by atoms with Crippen molar-refractivity contribution >= 4 is 5.96 Å². The number of hydrogen-bond donors (Lipinski definition) is 1. The first-order valence-corrected chi connectivity index (χ1v) is 7.88. The number of likely N-dealkylation sites (tertiary alicyclic amines) is 1. The van der Waals surface area contributed by atoms with Crippen LogP contribution in [0.1, 0.15) is 29.4 Å². The van der Waals surface area contributed by atoms with Gasteiger partial charge in [0.25, 0.3) is 0 Å². The van der Waals surface area contributed by atoms with Crippen LogP contribution in [-0.2, 0) is 13.6 Å². The van der Waals surface area contributed by atoms with Gasteiger partial charge in [0.2, 0.25) is 0 Å². The van der Waals surface area contributed by atoms with Crippen LogP contribution in [0.25, 0.3) is 0 Å². The molecule has 0 aromatic carbocycles. The highest BCUT2D eigenvalue weighted by Gasteiger charge is 2.26. The Labute approximate surface area is 136 Å². The summed E-state index contributed by atoms with van der Waals surface area (Å²) in [5.41, 5.74) is 2.28. The van der Waals surface area contributed by atoms with Gasteiger partial charge in [-0.25, -0.2) is 9.97 Å². The lowest BCUT2D eigenvalue weighted by atomic mass is 10.0. The number of nitrogens with zero attached hydrogens (tertiary/aromatic N) is 6. The van der Waals surface area contributed by atoms with Gasteiger partial charge in [0.1, 0.15) is 5.82 Å². The molecule has 23 heavy (non-hydrogen) atoms. The standard InChI is InChI=1S/C16H23N7/c1-12-18-6-4-15(21-12)9-19-16(17-2)23-7-5-13(11-23)14-8-20-22(3)10-14/h4,6,8,10,13H,5,7,9,11H2,1-3H3,(H,17,19). The lowest BCUT2D eigenvalue weighted by Gasteiger charge is -2.21. The molecule has 7 heteroatoms. The number of guanidine groups is 1. The summed E-state index contributed by atoms with van der Waals surface area (Å²) < 4.78 is 1.86. The summed E-state index contributed by atoms with van der Waals surface area (Å²) in [7, 11) is 3.78. The zero-order valence-electron chi connectivity index (χ0n) is 13.9. The van der Waals surface area contributed by atoms with Gasteiger partial charge in [0.15, 0.2) is 5.96 Å². The number of aliphatic imine (C=N–C) groups is 1. The molecule has 1 atom stereocenters. The molecule has 122 valence electrons. The molecule has 0 aliphatic carbocycles. The van der Waals surface area contributed by atoms with Gasteiger partial charge >= 0.3 is 0 Å². The molecule has 7 nitrogen and oxygen atoms in total. The normalized spacial score (nSPS) is 18.5. The second-order valence-corrected chi connectivity index (χ2v) is 5.87. The van der Waals surface area contributed by atoms with Crippen LogP contribution < -0.4 is 5.32 Å². The molecular formula is C16H23N7. The van der Waals surface area contributed by atoms with Gasteiger partial charge in [-0.05, 0) is 25.0 Å². The first-order valence-electron chi connectivity index (χ1n) is 7.88. The number of rotatable bonds is 3. The first kappa shape index (κ1) is 15.5. The molecule has 1 fully saturated rings. The highest BCUT2D eigenvalue weighted by molar-refractivity contribution is 5.80. The summed E-state index contributed by atoms with van der Waals surface area (Å²) >= 11 is 0. The summed E-state index contributed by atoms with van der Waals surface area (Å²) in [6.07, 6.45) is 6.98. The summed E-state index contributed by atoms with van der Waals surface area (Å²) in [5.74, 6) is 2.23. The van der Waals surface area contributed by atoms with Gasteiger partial charge in [-0.3, -0.25) is 9.67 Å². The van der Waals surface area contributed by atoms with Gasteiger partial charge in [-0.2, -0.15) is 5.10 Å². The van der Waals surface area contributed by atoms with Crippen molar-refractivity contribution in [3.8, 4) is 0 Å². The number of hydrogen-bond acceptors (Lipinski definition) is 4. The maximum absolute atomic E-state index is 4.41. The predicted molar refractivity (Wildman–Crippen MR) is 89.1 cm³/mol. The van der Waals surface area contributed by atoms with Crippen LogP contribution in [0, 0.1) is 6.92 Å². The third-order valence-corrected chi connectivity index (χ3v) is 4.16. The molecule has 1 unspecified atom stereocenters. The minimum Gasteiger partial charge on any atom is -0.351 e. The van der Waals surface area contributed by atoms with Crippen LogP contribution in [0.3, 0.4) is 0 Å². The Morgan fingerprint density at radius 3 is 3.04 bits per heavy atom. The third-order valence-electron chi connectivity index (χ3n) is 4.16. The second-order valence-electron chi connectivity index (χ2n) is 5.87. The second kappa shape index (κ2) is 6.76. The molecule has 3 heterocycles. The minimum absolute atomic E-state index is 0.517. The van der Waals surface area contributed by atoms with Crippen molar-refractivity contribution in [1.82, 2.24) is 30.0 Å². The van der Waals surface area contributed by atoms with Crippen LogP contribution in [0.2, 0.25) is 0 Å². The van der Waals surface area contributed by atoms with Crippen molar-refractivity contribution in [3.63, 3.8) is 0 Å². The molecule has 1 aliphatic rings. The summed E-state index contributed by atoms with van der Waals surface area (Å²) in [4.78, 5) is 15.2. The zero-order valence-corrected chi connectivity index (χ0v) is 13.9. The summed E-state index contributed by atoms with van der Waals surface area (Å²) in [5, 5.41) is 7.67. The van der Waals surface area contributed by atoms with E-state index in [4.69, 9.17) is 0 Å². The lowest BCUT2D eigenvalue weighted by molar-refractivity contribution is 0.485. The van der Waals surface area contributed by atoms with Gasteiger partial charge in [-0.15, -0.1) is 0 Å². The van der Waals surface area contributed by atoms with E-state index in [0.29, 0.717) is 12.5 Å². The average Bonchev–Trinajstić information content (AvgIpc) is 3.17. The van der Waals surface area contributed by atoms with Crippen LogP contribution in [0.15, 0.2) is 29.6 Å². The Hall–Kier alpha value is -2.44. The first-order chi connectivity index (χ1) is 11.2. The van der Waals surface area contributed by atoms with Crippen LogP contribution in [0.4, 0.5) is 0 Å². The highest BCUT2D eigenvalue weighted by Crippen LogP contribution is 2.26. The Morgan fingerprint density at radius 1 is 1.48 bits per heavy atom. The minimum atomic E-state index is 0.517. The molecule has 1 aliphatic heterocycles. The molecule has 0 amide bonds. The van der Waals surface area contributed by atoms with E-state index in [-0.39, 0.29) is 0 Å². The van der Waals surface area contributed by atoms with Crippen LogP contribution in [0.5, 0.6) is 0 Å². The molecule has 0 saturated carbocycles. The molecule has 2 aromatic rings. The van der Waals surface area contributed by atoms with E-state index in [1.165, 1.54) is 5.56 Å². The van der Waals surface area contributed by atoms with E-state index in [0.717, 1.165) is 37.0 Å². The van der Waals surface area contributed by atoms with Gasteiger partial charge < -0.3 is 10.2 Å². The molecule has 0 radical (unpaired) electrons. The van der Waals surface area contributed by atoms with Crippen molar-refractivity contribution in [3.05, 3.63) is 41.7 Å². The van der Waals surface area contributed by atoms with Crippen molar-refractivity contribution < 1.29 is 0 Å². The molecule has 0 spiro atoms. The SMILES string of the molecule is CN=C(NCc1ccnc(C)n1)N1CCC(c2cnn(C)c2)C1. The molecule has 1 saturated heterocycles. The maximum Gasteiger partial charge on any atom is 0.193 e. The topological polar surface area (TPSA) is 71.2 Å². The van der Waals surface area contributed by atoms with Crippen molar-refractivity contribution in [1.29, 1.82) is 0 Å². The van der Waals surface area contributed by atoms with Crippen molar-refractivity contribution in [2.45, 2.75) is 25.8 Å². The van der Waals surface area contributed by atoms with Crippen LogP contribution in [-0.4, -0.2) is 50.7 Å². The fraction of sp³-hybridized carbons (Fsp3) is 0.500. The van der Waals surface area contributed by atoms with E-state index in [1.54, 1.807) is 6.20 Å². The van der Waals surface area contributed by atoms with Crippen molar-refractivity contribution in [2.75, 3.05) is 20.1 Å². The molecule has 1 N–H and O–H groups in total. The average molecular weight is 313 g/mol. The highest BCUT2D eigenvalue weighted by atomic mass is 15.3. The van der Waals surface area contributed by atoms with E-state index < -0.39 is 0 Å². The number of nitrogens with one attached hydrogen (secondary N) is 1. The molecular weight excluding hydrogens is 290 g/mol. The monoisotopic (exact) mass is 313 g/mol. The lowest BCUT2D eigenvalue weighted by Crippen LogP contribution is -2.39. The third kappa shape index (κ3) is 3.67. The smallest absolute Gasteiger partial charge is 0.193 e. The number of aromatic nitrogens is 4. The fourth-order valence-electron chi connectivity index (χ4n) is 2.98. The van der Waals surface area contributed by atoms with Gasteiger partial charge in [0, 0.05) is 45.5 Å². The van der Waals surface area contributed by atoms with Gasteiger partial charge in [0.05, 0.1) is 18.4 Å². The van der Waals surface area contributed by atoms with Gasteiger partial charge in [-0.1, -0.05) is 0 Å². The summed E-state index contributed by atoms with van der Waals surface area (Å²) in [6.45, 7) is 4.53. The molecule has 0 bridgehead atoms. The Balaban J connectivity index is 1.59. The van der Waals surface area contributed by atoms with Crippen molar-refractivity contribution in [2.24, 2.45) is 12.0 Å². The Kier molecular flexibility index (Phi) is 4.55. The molecule has 2 aromatic heterocycles. The zero-order chi connectivity index (χ0) is 16.2.